The van der Waals surface area contributed by atoms with Gasteiger partial charge in [0.25, 0.3) is 0 Å². The summed E-state index contributed by atoms with van der Waals surface area (Å²) < 4.78 is 5.49. The minimum Gasteiger partial charge on any atom is -0.379 e. The van der Waals surface area contributed by atoms with Crippen LogP contribution in [0.15, 0.2) is 36.9 Å². The van der Waals surface area contributed by atoms with Gasteiger partial charge in [-0.1, -0.05) is 23.7 Å². The standard InChI is InChI=1S/C21H22ClN7O/c1-13(27-21-19-20(24-11-23-19)25-12-26-21)16-9-14-3-2-4-15(22)18(14)17(28-16)10-29-5-7-30-8-6-29/h2-4,9,11-13H,5-8,10H2,1H3,(H2,23,24,25,26,27). The number of anilines is 1. The van der Waals surface area contributed by atoms with E-state index >= 15 is 0 Å². The summed E-state index contributed by atoms with van der Waals surface area (Å²) in [5.41, 5.74) is 3.32. The minimum absolute atomic E-state index is 0.0711. The SMILES string of the molecule is CC(Nc1ncnc2nc[nH]c12)c1cc2cccc(Cl)c2c(CN2CCOCC2)n1. The number of hydrogen-bond acceptors (Lipinski definition) is 7. The van der Waals surface area contributed by atoms with Crippen molar-refractivity contribution >= 4 is 39.4 Å². The van der Waals surface area contributed by atoms with Gasteiger partial charge in [-0.15, -0.1) is 0 Å². The molecular weight excluding hydrogens is 402 g/mol. The Kier molecular flexibility index (Phi) is 5.20. The van der Waals surface area contributed by atoms with Gasteiger partial charge >= 0.3 is 0 Å². The van der Waals surface area contributed by atoms with E-state index in [4.69, 9.17) is 21.3 Å². The third kappa shape index (κ3) is 3.69. The fourth-order valence-electron chi connectivity index (χ4n) is 3.83. The number of rotatable bonds is 5. The Morgan fingerprint density at radius 1 is 1.23 bits per heavy atom. The van der Waals surface area contributed by atoms with Gasteiger partial charge in [0.2, 0.25) is 0 Å². The van der Waals surface area contributed by atoms with Crippen molar-refractivity contribution < 1.29 is 4.74 Å². The molecule has 1 aliphatic heterocycles. The maximum Gasteiger partial charge on any atom is 0.182 e. The molecule has 1 saturated heterocycles. The smallest absolute Gasteiger partial charge is 0.182 e. The van der Waals surface area contributed by atoms with Crippen LogP contribution in [0.4, 0.5) is 5.82 Å². The molecule has 9 heteroatoms. The number of nitrogens with zero attached hydrogens (tertiary/aromatic N) is 5. The molecule has 1 aromatic carbocycles. The predicted molar refractivity (Wildman–Crippen MR) is 117 cm³/mol. The highest BCUT2D eigenvalue weighted by Gasteiger charge is 2.18. The molecule has 1 aliphatic rings. The minimum atomic E-state index is -0.0711. The zero-order chi connectivity index (χ0) is 20.5. The van der Waals surface area contributed by atoms with Crippen LogP contribution >= 0.6 is 11.6 Å². The summed E-state index contributed by atoms with van der Waals surface area (Å²) in [5.74, 6) is 0.702. The molecular formula is C21H22ClN7O. The molecule has 0 amide bonds. The Balaban J connectivity index is 1.51. The number of ether oxygens (including phenoxy) is 1. The van der Waals surface area contributed by atoms with Gasteiger partial charge in [-0.25, -0.2) is 15.0 Å². The second-order valence-corrected chi connectivity index (χ2v) is 7.82. The number of H-pyrrole nitrogens is 1. The molecule has 5 rings (SSSR count). The summed E-state index contributed by atoms with van der Waals surface area (Å²) in [6, 6.07) is 8.00. The lowest BCUT2D eigenvalue weighted by atomic mass is 10.1. The Labute approximate surface area is 178 Å². The molecule has 154 valence electrons. The van der Waals surface area contributed by atoms with E-state index in [1.54, 1.807) is 6.33 Å². The second-order valence-electron chi connectivity index (χ2n) is 7.41. The maximum atomic E-state index is 6.57. The first-order valence-electron chi connectivity index (χ1n) is 9.98. The molecule has 0 spiro atoms. The van der Waals surface area contributed by atoms with Gasteiger partial charge in [0.05, 0.1) is 42.0 Å². The van der Waals surface area contributed by atoms with E-state index < -0.39 is 0 Å². The van der Waals surface area contributed by atoms with Crippen molar-refractivity contribution in [2.75, 3.05) is 31.6 Å². The summed E-state index contributed by atoms with van der Waals surface area (Å²) in [5, 5.41) is 6.27. The van der Waals surface area contributed by atoms with Crippen LogP contribution in [0.5, 0.6) is 0 Å². The number of halogens is 1. The van der Waals surface area contributed by atoms with Gasteiger partial charge in [0, 0.05) is 25.0 Å². The zero-order valence-corrected chi connectivity index (χ0v) is 17.4. The summed E-state index contributed by atoms with van der Waals surface area (Å²) in [6.45, 7) is 6.09. The first-order valence-corrected chi connectivity index (χ1v) is 10.4. The maximum absolute atomic E-state index is 6.57. The van der Waals surface area contributed by atoms with Crippen LogP contribution < -0.4 is 5.32 Å². The van der Waals surface area contributed by atoms with Gasteiger partial charge < -0.3 is 15.0 Å². The molecule has 4 aromatic rings. The highest BCUT2D eigenvalue weighted by molar-refractivity contribution is 6.35. The Morgan fingerprint density at radius 3 is 2.97 bits per heavy atom. The molecule has 4 heterocycles. The molecule has 0 aliphatic carbocycles. The normalized spacial score (nSPS) is 16.2. The van der Waals surface area contributed by atoms with Crippen molar-refractivity contribution in [3.63, 3.8) is 0 Å². The summed E-state index contributed by atoms with van der Waals surface area (Å²) in [4.78, 5) is 23.2. The van der Waals surface area contributed by atoms with Crippen LogP contribution in [-0.2, 0) is 11.3 Å². The van der Waals surface area contributed by atoms with Crippen molar-refractivity contribution in [3.8, 4) is 0 Å². The molecule has 8 nitrogen and oxygen atoms in total. The lowest BCUT2D eigenvalue weighted by molar-refractivity contribution is 0.0338. The number of aromatic nitrogens is 5. The number of benzene rings is 1. The molecule has 0 bridgehead atoms. The van der Waals surface area contributed by atoms with Crippen LogP contribution in [0.25, 0.3) is 21.9 Å². The number of aromatic amines is 1. The van der Waals surface area contributed by atoms with Crippen molar-refractivity contribution in [3.05, 3.63) is 53.3 Å². The van der Waals surface area contributed by atoms with Gasteiger partial charge in [0.15, 0.2) is 11.5 Å². The first kappa shape index (κ1) is 19.2. The predicted octanol–water partition coefficient (Wildman–Crippen LogP) is 3.56. The molecule has 3 aromatic heterocycles. The van der Waals surface area contributed by atoms with Gasteiger partial charge in [-0.2, -0.15) is 0 Å². The average Bonchev–Trinajstić information content (AvgIpc) is 3.24. The second kappa shape index (κ2) is 8.14. The van der Waals surface area contributed by atoms with Gasteiger partial charge in [0.1, 0.15) is 11.8 Å². The molecule has 30 heavy (non-hydrogen) atoms. The van der Waals surface area contributed by atoms with Crippen LogP contribution in [0, 0.1) is 0 Å². The van der Waals surface area contributed by atoms with Crippen LogP contribution in [0.3, 0.4) is 0 Å². The van der Waals surface area contributed by atoms with Gasteiger partial charge in [-0.3, -0.25) is 9.88 Å². The highest BCUT2D eigenvalue weighted by atomic mass is 35.5. The van der Waals surface area contributed by atoms with Crippen molar-refractivity contribution in [2.24, 2.45) is 0 Å². The third-order valence-corrected chi connectivity index (χ3v) is 5.71. The Bertz CT molecular complexity index is 1190. The number of fused-ring (bicyclic) bond motifs is 2. The van der Waals surface area contributed by atoms with E-state index in [0.29, 0.717) is 11.5 Å². The number of hydrogen-bond donors (Lipinski definition) is 2. The number of pyridine rings is 1. The van der Waals surface area contributed by atoms with Crippen LogP contribution in [-0.4, -0.2) is 56.1 Å². The zero-order valence-electron chi connectivity index (χ0n) is 16.6. The average molecular weight is 424 g/mol. The summed E-state index contributed by atoms with van der Waals surface area (Å²) >= 11 is 6.57. The quantitative estimate of drug-likeness (QED) is 0.507. The van der Waals surface area contributed by atoms with E-state index in [1.807, 2.05) is 12.1 Å². The lowest BCUT2D eigenvalue weighted by Crippen LogP contribution is -2.36. The third-order valence-electron chi connectivity index (χ3n) is 5.40. The van der Waals surface area contributed by atoms with Gasteiger partial charge in [-0.05, 0) is 24.4 Å². The van der Waals surface area contributed by atoms with Crippen molar-refractivity contribution in [1.82, 2.24) is 29.8 Å². The fraction of sp³-hybridized carbons (Fsp3) is 0.333. The van der Waals surface area contributed by atoms with Crippen molar-refractivity contribution in [1.29, 1.82) is 0 Å². The lowest BCUT2D eigenvalue weighted by Gasteiger charge is -2.27. The molecule has 2 N–H and O–H groups in total. The number of nitrogens with one attached hydrogen (secondary N) is 2. The van der Waals surface area contributed by atoms with Crippen LogP contribution in [0.2, 0.25) is 5.02 Å². The van der Waals surface area contributed by atoms with E-state index in [1.165, 1.54) is 6.33 Å². The monoisotopic (exact) mass is 423 g/mol. The van der Waals surface area contributed by atoms with E-state index in [-0.39, 0.29) is 6.04 Å². The summed E-state index contributed by atoms with van der Waals surface area (Å²) in [7, 11) is 0. The molecule has 0 saturated carbocycles. The Morgan fingerprint density at radius 2 is 2.10 bits per heavy atom. The number of imidazole rings is 1. The van der Waals surface area contributed by atoms with Crippen molar-refractivity contribution in [2.45, 2.75) is 19.5 Å². The fourth-order valence-corrected chi connectivity index (χ4v) is 4.12. The molecule has 0 radical (unpaired) electrons. The molecule has 1 atom stereocenters. The highest BCUT2D eigenvalue weighted by Crippen LogP contribution is 2.30. The van der Waals surface area contributed by atoms with Crippen LogP contribution in [0.1, 0.15) is 24.4 Å². The number of morpholine rings is 1. The summed E-state index contributed by atoms with van der Waals surface area (Å²) in [6.07, 6.45) is 3.13. The van der Waals surface area contributed by atoms with E-state index in [9.17, 15) is 0 Å². The molecule has 1 unspecified atom stereocenters. The van der Waals surface area contributed by atoms with E-state index in [0.717, 1.165) is 65.5 Å². The largest absolute Gasteiger partial charge is 0.379 e. The first-order chi connectivity index (χ1) is 14.7. The molecule has 1 fully saturated rings. The topological polar surface area (TPSA) is 91.9 Å². The van der Waals surface area contributed by atoms with E-state index in [2.05, 4.69) is 49.2 Å². The Hall–Kier alpha value is -2.81.